The van der Waals surface area contributed by atoms with Gasteiger partial charge in [0, 0.05) is 0 Å². The van der Waals surface area contributed by atoms with Crippen LogP contribution in [0.2, 0.25) is 0 Å². The predicted molar refractivity (Wildman–Crippen MR) is 48.9 cm³/mol. The van der Waals surface area contributed by atoms with Crippen LogP contribution in [0.5, 0.6) is 0 Å². The maximum Gasteiger partial charge on any atom is 0.323 e. The monoisotopic (exact) mass is 183 g/mol. The van der Waals surface area contributed by atoms with E-state index in [4.69, 9.17) is 10.5 Å². The number of hydrogen-bond acceptors (Lipinski definition) is 3. The largest absolute Gasteiger partial charge is 0.465 e. The minimum atomic E-state index is -0.368. The van der Waals surface area contributed by atoms with Gasteiger partial charge in [-0.1, -0.05) is 0 Å². The van der Waals surface area contributed by atoms with E-state index in [2.05, 4.69) is 0 Å². The zero-order chi connectivity index (χ0) is 9.42. The second kappa shape index (κ2) is 3.29. The second-order valence-corrected chi connectivity index (χ2v) is 4.27. The van der Waals surface area contributed by atoms with Crippen molar-refractivity contribution in [2.75, 3.05) is 6.61 Å². The summed E-state index contributed by atoms with van der Waals surface area (Å²) in [5, 5.41) is 0. The maximum absolute atomic E-state index is 11.3. The van der Waals surface area contributed by atoms with E-state index in [1.807, 2.05) is 6.92 Å². The van der Waals surface area contributed by atoms with Crippen molar-refractivity contribution in [3.05, 3.63) is 0 Å². The summed E-state index contributed by atoms with van der Waals surface area (Å²) < 4.78 is 4.90. The van der Waals surface area contributed by atoms with Crippen molar-refractivity contribution in [2.45, 2.75) is 32.2 Å². The molecule has 0 bridgehead atoms. The van der Waals surface area contributed by atoms with Crippen molar-refractivity contribution < 1.29 is 9.53 Å². The van der Waals surface area contributed by atoms with Gasteiger partial charge in [0.2, 0.25) is 0 Å². The highest BCUT2D eigenvalue weighted by atomic mass is 16.5. The van der Waals surface area contributed by atoms with E-state index in [1.54, 1.807) is 0 Å². The minimum absolute atomic E-state index is 0.214. The van der Waals surface area contributed by atoms with Crippen LogP contribution in [0.3, 0.4) is 0 Å². The molecule has 2 aliphatic rings. The minimum Gasteiger partial charge on any atom is -0.465 e. The fraction of sp³-hybridized carbons (Fsp3) is 0.900. The Bertz CT molecular complexity index is 207. The van der Waals surface area contributed by atoms with Crippen LogP contribution in [0.1, 0.15) is 26.2 Å². The normalized spacial score (nSPS) is 38.2. The quantitative estimate of drug-likeness (QED) is 0.662. The highest BCUT2D eigenvalue weighted by Crippen LogP contribution is 2.54. The summed E-state index contributed by atoms with van der Waals surface area (Å²) in [5.41, 5.74) is 5.82. The molecule has 0 amide bonds. The fourth-order valence-electron chi connectivity index (χ4n) is 2.49. The molecule has 2 rings (SSSR count). The van der Waals surface area contributed by atoms with E-state index in [-0.39, 0.29) is 12.0 Å². The molecule has 2 N–H and O–H groups in total. The summed E-state index contributed by atoms with van der Waals surface area (Å²) in [5.74, 6) is 1.94. The fourth-order valence-corrected chi connectivity index (χ4v) is 2.49. The lowest BCUT2D eigenvalue weighted by Gasteiger charge is -2.18. The molecule has 0 aromatic carbocycles. The van der Waals surface area contributed by atoms with Crippen LogP contribution in [0.4, 0.5) is 0 Å². The molecule has 4 atom stereocenters. The Hall–Kier alpha value is -0.570. The summed E-state index contributed by atoms with van der Waals surface area (Å²) >= 11 is 0. The SMILES string of the molecule is CCOC(=O)C(N)C1C[C@@H]2C[C@@H]2C1. The Balaban J connectivity index is 1.82. The van der Waals surface area contributed by atoms with E-state index in [0.29, 0.717) is 12.5 Å². The van der Waals surface area contributed by atoms with Crippen molar-refractivity contribution in [3.8, 4) is 0 Å². The third-order valence-electron chi connectivity index (χ3n) is 3.35. The molecule has 2 fully saturated rings. The molecule has 0 saturated heterocycles. The van der Waals surface area contributed by atoms with Crippen molar-refractivity contribution in [1.82, 2.24) is 0 Å². The number of rotatable bonds is 3. The van der Waals surface area contributed by atoms with Crippen LogP contribution >= 0.6 is 0 Å². The average molecular weight is 183 g/mol. The molecule has 0 heterocycles. The lowest BCUT2D eigenvalue weighted by Crippen LogP contribution is -2.38. The summed E-state index contributed by atoms with van der Waals surface area (Å²) in [6, 6.07) is -0.368. The molecule has 3 heteroatoms. The number of carbonyl (C=O) groups excluding carboxylic acids is 1. The summed E-state index contributed by atoms with van der Waals surface area (Å²) in [6.07, 6.45) is 3.65. The molecule has 0 aliphatic heterocycles. The Morgan fingerprint density at radius 2 is 2.08 bits per heavy atom. The predicted octanol–water partition coefficient (Wildman–Crippen LogP) is 0.923. The molecule has 3 nitrogen and oxygen atoms in total. The molecule has 74 valence electrons. The molecule has 0 aromatic heterocycles. The van der Waals surface area contributed by atoms with Gasteiger partial charge in [-0.25, -0.2) is 0 Å². The highest BCUT2D eigenvalue weighted by molar-refractivity contribution is 5.75. The van der Waals surface area contributed by atoms with Gasteiger partial charge in [0.05, 0.1) is 6.61 Å². The third kappa shape index (κ3) is 1.70. The molecule has 13 heavy (non-hydrogen) atoms. The molecule has 2 aliphatic carbocycles. The average Bonchev–Trinajstić information content (AvgIpc) is 2.73. The van der Waals surface area contributed by atoms with Gasteiger partial charge in [-0.05, 0) is 43.9 Å². The molecule has 0 radical (unpaired) electrons. The van der Waals surface area contributed by atoms with Gasteiger partial charge in [-0.3, -0.25) is 4.79 Å². The van der Waals surface area contributed by atoms with Crippen LogP contribution < -0.4 is 5.73 Å². The summed E-state index contributed by atoms with van der Waals surface area (Å²) in [7, 11) is 0. The van der Waals surface area contributed by atoms with Gasteiger partial charge in [0.15, 0.2) is 0 Å². The zero-order valence-corrected chi connectivity index (χ0v) is 8.03. The van der Waals surface area contributed by atoms with Gasteiger partial charge in [0.25, 0.3) is 0 Å². The Morgan fingerprint density at radius 1 is 1.46 bits per heavy atom. The number of fused-ring (bicyclic) bond motifs is 1. The first-order valence-corrected chi connectivity index (χ1v) is 5.14. The zero-order valence-electron chi connectivity index (χ0n) is 8.03. The van der Waals surface area contributed by atoms with Crippen LogP contribution in [0, 0.1) is 17.8 Å². The smallest absolute Gasteiger partial charge is 0.323 e. The topological polar surface area (TPSA) is 52.3 Å². The third-order valence-corrected chi connectivity index (χ3v) is 3.35. The molecule has 2 unspecified atom stereocenters. The van der Waals surface area contributed by atoms with Crippen LogP contribution in [0.25, 0.3) is 0 Å². The number of ether oxygens (including phenoxy) is 1. The maximum atomic E-state index is 11.3. The molecular formula is C10H17NO2. The van der Waals surface area contributed by atoms with Crippen molar-refractivity contribution in [3.63, 3.8) is 0 Å². The number of hydrogen-bond donors (Lipinski definition) is 1. The van der Waals surface area contributed by atoms with E-state index in [1.165, 1.54) is 6.42 Å². The van der Waals surface area contributed by atoms with Gasteiger partial charge in [0.1, 0.15) is 6.04 Å². The van der Waals surface area contributed by atoms with E-state index in [9.17, 15) is 4.79 Å². The standard InChI is InChI=1S/C10H17NO2/c1-2-13-10(12)9(11)8-4-6-3-7(6)5-8/h6-9H,2-5,11H2,1H3/t6-,7+,8?,9?. The van der Waals surface area contributed by atoms with Gasteiger partial charge in [-0.2, -0.15) is 0 Å². The van der Waals surface area contributed by atoms with Crippen molar-refractivity contribution in [1.29, 1.82) is 0 Å². The van der Waals surface area contributed by atoms with Crippen LogP contribution in [0.15, 0.2) is 0 Å². The Kier molecular flexibility index (Phi) is 2.28. The van der Waals surface area contributed by atoms with Crippen LogP contribution in [-0.4, -0.2) is 18.6 Å². The second-order valence-electron chi connectivity index (χ2n) is 4.27. The van der Waals surface area contributed by atoms with E-state index in [0.717, 1.165) is 24.7 Å². The number of nitrogens with two attached hydrogens (primary N) is 1. The first-order valence-electron chi connectivity index (χ1n) is 5.14. The highest BCUT2D eigenvalue weighted by Gasteiger charge is 2.48. The molecule has 0 spiro atoms. The number of esters is 1. The lowest BCUT2D eigenvalue weighted by atomic mass is 9.95. The first kappa shape index (κ1) is 9.00. The lowest BCUT2D eigenvalue weighted by molar-refractivity contribution is -0.146. The van der Waals surface area contributed by atoms with Crippen LogP contribution in [-0.2, 0) is 9.53 Å². The van der Waals surface area contributed by atoms with E-state index < -0.39 is 0 Å². The molecular weight excluding hydrogens is 166 g/mol. The van der Waals surface area contributed by atoms with Gasteiger partial charge < -0.3 is 10.5 Å². The van der Waals surface area contributed by atoms with Crippen molar-refractivity contribution in [2.24, 2.45) is 23.5 Å². The summed E-state index contributed by atoms with van der Waals surface area (Å²) in [4.78, 5) is 11.3. The molecule has 2 saturated carbocycles. The summed E-state index contributed by atoms with van der Waals surface area (Å²) in [6.45, 7) is 2.25. The van der Waals surface area contributed by atoms with Crippen molar-refractivity contribution >= 4 is 5.97 Å². The van der Waals surface area contributed by atoms with E-state index >= 15 is 0 Å². The van der Waals surface area contributed by atoms with Gasteiger partial charge >= 0.3 is 5.97 Å². The Morgan fingerprint density at radius 3 is 2.62 bits per heavy atom. The van der Waals surface area contributed by atoms with Gasteiger partial charge in [-0.15, -0.1) is 0 Å². The first-order chi connectivity index (χ1) is 6.22. The molecule has 0 aromatic rings. The Labute approximate surface area is 78.6 Å². The number of carbonyl (C=O) groups is 1.